The average molecular weight is 402 g/mol. The van der Waals surface area contributed by atoms with Gasteiger partial charge in [0.05, 0.1) is 11.6 Å². The van der Waals surface area contributed by atoms with Gasteiger partial charge < -0.3 is 19.9 Å². The van der Waals surface area contributed by atoms with Crippen LogP contribution >= 0.6 is 0 Å². The number of rotatable bonds is 7. The van der Waals surface area contributed by atoms with Gasteiger partial charge >= 0.3 is 29.6 Å². The van der Waals surface area contributed by atoms with Crippen LogP contribution in [0.2, 0.25) is 0 Å². The minimum Gasteiger partial charge on any atom is -0.550 e. The van der Waals surface area contributed by atoms with Crippen LogP contribution in [-0.4, -0.2) is 33.4 Å². The predicted octanol–water partition coefficient (Wildman–Crippen LogP) is -0.529. The van der Waals surface area contributed by atoms with E-state index in [1.165, 1.54) is 6.07 Å². The number of phenols is 1. The number of amides is 1. The number of para-hydroxylation sites is 1. The number of carbonyl (C=O) groups excluding carboxylic acids is 2. The van der Waals surface area contributed by atoms with E-state index in [0.717, 1.165) is 18.4 Å². The molecule has 2 heterocycles. The van der Waals surface area contributed by atoms with E-state index in [4.69, 9.17) is 0 Å². The monoisotopic (exact) mass is 402 g/mol. The number of hydrogen-bond acceptors (Lipinski definition) is 5. The molecule has 0 aliphatic carbocycles. The van der Waals surface area contributed by atoms with E-state index in [2.05, 4.69) is 4.98 Å². The van der Waals surface area contributed by atoms with Gasteiger partial charge in [0.1, 0.15) is 5.75 Å². The summed E-state index contributed by atoms with van der Waals surface area (Å²) in [7, 11) is 0. The normalized spacial score (nSPS) is 18.6. The number of hydrogen-bond donors (Lipinski definition) is 1. The fraction of sp³-hybridized carbons (Fsp3) is 0.318. The molecule has 1 amide bonds. The first-order chi connectivity index (χ1) is 13.6. The Morgan fingerprint density at radius 2 is 2.00 bits per heavy atom. The SMILES string of the molecule is O=C([O-])CC/C=C\C[C@@H]1CCN(C(=O)c2ccccc2O)[C@@H]1c1cccnc1.[Na+]. The van der Waals surface area contributed by atoms with Crippen molar-refractivity contribution in [1.29, 1.82) is 0 Å². The third-order valence-corrected chi connectivity index (χ3v) is 5.06. The van der Waals surface area contributed by atoms with E-state index in [9.17, 15) is 19.8 Å². The topological polar surface area (TPSA) is 93.6 Å². The first-order valence-electron chi connectivity index (χ1n) is 9.41. The van der Waals surface area contributed by atoms with E-state index in [1.807, 2.05) is 24.3 Å². The van der Waals surface area contributed by atoms with Crippen molar-refractivity contribution in [2.24, 2.45) is 5.92 Å². The van der Waals surface area contributed by atoms with Crippen LogP contribution in [0.15, 0.2) is 60.9 Å². The number of phenolic OH excluding ortho intramolecular Hbond substituents is 1. The first-order valence-corrected chi connectivity index (χ1v) is 9.41. The van der Waals surface area contributed by atoms with Crippen molar-refractivity contribution in [3.63, 3.8) is 0 Å². The van der Waals surface area contributed by atoms with Crippen molar-refractivity contribution < 1.29 is 49.4 Å². The van der Waals surface area contributed by atoms with Gasteiger partial charge in [-0.15, -0.1) is 0 Å². The van der Waals surface area contributed by atoms with E-state index >= 15 is 0 Å². The number of aromatic hydroxyl groups is 1. The number of nitrogens with zero attached hydrogens (tertiary/aromatic N) is 2. The Labute approximate surface area is 192 Å². The molecule has 1 aromatic carbocycles. The van der Waals surface area contributed by atoms with Gasteiger partial charge in [-0.2, -0.15) is 0 Å². The van der Waals surface area contributed by atoms with Crippen molar-refractivity contribution in [3.05, 3.63) is 72.1 Å². The van der Waals surface area contributed by atoms with E-state index in [0.29, 0.717) is 18.5 Å². The molecule has 3 rings (SSSR count). The molecule has 1 aliphatic rings. The number of aromatic nitrogens is 1. The van der Waals surface area contributed by atoms with Gasteiger partial charge in [-0.05, 0) is 55.4 Å². The second-order valence-electron chi connectivity index (χ2n) is 6.91. The maximum Gasteiger partial charge on any atom is 1.00 e. The van der Waals surface area contributed by atoms with Crippen LogP contribution in [0.4, 0.5) is 0 Å². The van der Waals surface area contributed by atoms with Crippen molar-refractivity contribution in [2.75, 3.05) is 6.54 Å². The molecule has 6 nitrogen and oxygen atoms in total. The van der Waals surface area contributed by atoms with Crippen molar-refractivity contribution in [1.82, 2.24) is 9.88 Å². The van der Waals surface area contributed by atoms with Gasteiger partial charge in [0.15, 0.2) is 0 Å². The van der Waals surface area contributed by atoms with Gasteiger partial charge in [0.2, 0.25) is 0 Å². The Balaban J connectivity index is 0.00000300. The second kappa shape index (κ2) is 11.1. The van der Waals surface area contributed by atoms with Crippen LogP contribution in [0.5, 0.6) is 5.75 Å². The zero-order valence-corrected chi connectivity index (χ0v) is 18.5. The van der Waals surface area contributed by atoms with E-state index in [1.54, 1.807) is 35.5 Å². The fourth-order valence-electron chi connectivity index (χ4n) is 3.73. The minimum absolute atomic E-state index is 0. The Morgan fingerprint density at radius 3 is 2.69 bits per heavy atom. The Bertz CT molecular complexity index is 857. The number of benzene rings is 1. The van der Waals surface area contributed by atoms with Gasteiger partial charge in [0.25, 0.3) is 5.91 Å². The molecule has 0 saturated carbocycles. The molecule has 2 aromatic rings. The Kier molecular flexibility index (Phi) is 8.89. The van der Waals surface area contributed by atoms with Crippen molar-refractivity contribution >= 4 is 11.9 Å². The second-order valence-corrected chi connectivity index (χ2v) is 6.91. The molecule has 2 atom stereocenters. The summed E-state index contributed by atoms with van der Waals surface area (Å²) in [4.78, 5) is 29.6. The van der Waals surface area contributed by atoms with Crippen molar-refractivity contribution in [2.45, 2.75) is 31.7 Å². The molecule has 146 valence electrons. The molecule has 1 aromatic heterocycles. The van der Waals surface area contributed by atoms with Crippen LogP contribution in [-0.2, 0) is 4.79 Å². The smallest absolute Gasteiger partial charge is 0.550 e. The summed E-state index contributed by atoms with van der Waals surface area (Å²) in [6.07, 6.45) is 9.30. The molecule has 1 saturated heterocycles. The molecule has 0 bridgehead atoms. The number of carboxylic acid groups (broad SMARTS) is 1. The number of carboxylic acids is 1. The van der Waals surface area contributed by atoms with E-state index < -0.39 is 5.97 Å². The van der Waals surface area contributed by atoms with Gasteiger partial charge in [0, 0.05) is 24.9 Å². The Hall–Kier alpha value is -2.15. The molecule has 7 heteroatoms. The summed E-state index contributed by atoms with van der Waals surface area (Å²) in [6.45, 7) is 0.588. The standard InChI is InChI=1S/C22H24N2O4.Na/c25-19-10-5-4-9-18(19)22(28)24-14-12-16(7-2-1-3-11-20(26)27)21(24)17-8-6-13-23-15-17;/h1-2,4-6,8-10,13,15-16,21,25H,3,7,11-12,14H2,(H,26,27);/q;+1/p-1/b2-1-;/t16-,21+;/m1./s1. The van der Waals surface area contributed by atoms with Gasteiger partial charge in [-0.25, -0.2) is 0 Å². The van der Waals surface area contributed by atoms with Crippen LogP contribution < -0.4 is 34.7 Å². The molecule has 1 aliphatic heterocycles. The van der Waals surface area contributed by atoms with E-state index in [-0.39, 0.29) is 59.6 Å². The maximum absolute atomic E-state index is 13.1. The summed E-state index contributed by atoms with van der Waals surface area (Å²) in [5.41, 5.74) is 1.25. The van der Waals surface area contributed by atoms with Crippen LogP contribution in [0.25, 0.3) is 0 Å². The predicted molar refractivity (Wildman–Crippen MR) is 102 cm³/mol. The number of allylic oxidation sites excluding steroid dienone is 2. The number of likely N-dealkylation sites (tertiary alicyclic amines) is 1. The van der Waals surface area contributed by atoms with Crippen LogP contribution in [0.1, 0.15) is 47.6 Å². The molecular formula is C22H23N2NaO4. The molecule has 0 unspecified atom stereocenters. The van der Waals surface area contributed by atoms with Gasteiger partial charge in [-0.1, -0.05) is 30.4 Å². The molecule has 0 spiro atoms. The van der Waals surface area contributed by atoms with Crippen LogP contribution in [0, 0.1) is 5.92 Å². The van der Waals surface area contributed by atoms with Crippen molar-refractivity contribution in [3.8, 4) is 5.75 Å². The summed E-state index contributed by atoms with van der Waals surface area (Å²) >= 11 is 0. The zero-order valence-electron chi connectivity index (χ0n) is 16.5. The minimum atomic E-state index is -1.06. The number of carbonyl (C=O) groups is 2. The fourth-order valence-corrected chi connectivity index (χ4v) is 3.73. The summed E-state index contributed by atoms with van der Waals surface area (Å²) in [6, 6.07) is 10.2. The summed E-state index contributed by atoms with van der Waals surface area (Å²) in [5, 5.41) is 20.6. The van der Waals surface area contributed by atoms with Gasteiger partial charge in [-0.3, -0.25) is 9.78 Å². The maximum atomic E-state index is 13.1. The number of pyridine rings is 1. The van der Waals surface area contributed by atoms with Crippen LogP contribution in [0.3, 0.4) is 0 Å². The zero-order chi connectivity index (χ0) is 19.9. The number of aliphatic carboxylic acids is 1. The third-order valence-electron chi connectivity index (χ3n) is 5.06. The average Bonchev–Trinajstić information content (AvgIpc) is 3.12. The largest absolute Gasteiger partial charge is 1.00 e. The molecule has 0 radical (unpaired) electrons. The first kappa shape index (κ1) is 23.1. The summed E-state index contributed by atoms with van der Waals surface area (Å²) in [5.74, 6) is -1.09. The molecular weight excluding hydrogens is 379 g/mol. The summed E-state index contributed by atoms with van der Waals surface area (Å²) < 4.78 is 0. The third kappa shape index (κ3) is 5.92. The molecule has 1 N–H and O–H groups in total. The molecule has 29 heavy (non-hydrogen) atoms. The quantitative estimate of drug-likeness (QED) is 0.497. The molecule has 1 fully saturated rings. The Morgan fingerprint density at radius 1 is 1.21 bits per heavy atom.